The number of aryl methyl sites for hydroxylation is 2. The molecule has 7 nitrogen and oxygen atoms in total. The molecule has 4 atom stereocenters. The van der Waals surface area contributed by atoms with Crippen LogP contribution < -0.4 is 15.5 Å². The van der Waals surface area contributed by atoms with Crippen LogP contribution in [0.2, 0.25) is 0 Å². The van der Waals surface area contributed by atoms with E-state index < -0.39 is 17.1 Å². The molecule has 2 aliphatic rings. The number of fused-ring (bicyclic) bond motifs is 3. The summed E-state index contributed by atoms with van der Waals surface area (Å²) >= 11 is 0. The van der Waals surface area contributed by atoms with Crippen molar-refractivity contribution in [3.63, 3.8) is 0 Å². The Morgan fingerprint density at radius 2 is 1.84 bits per heavy atom. The molecule has 3 aromatic rings. The van der Waals surface area contributed by atoms with E-state index in [1.54, 1.807) is 19.1 Å². The molecule has 1 aromatic heterocycles. The molecule has 1 amide bonds. The highest BCUT2D eigenvalue weighted by Gasteiger charge is 2.51. The maximum absolute atomic E-state index is 13.6. The van der Waals surface area contributed by atoms with Crippen LogP contribution in [0.4, 0.5) is 0 Å². The van der Waals surface area contributed by atoms with E-state index in [9.17, 15) is 19.8 Å². The van der Waals surface area contributed by atoms with Gasteiger partial charge in [-0.05, 0) is 89.7 Å². The SMILES string of the molecule is COc1cc([C@H](CC(=O)NC[C@]2(C)CCC[C@]3(C)c4ccc(C(C)C)cc4CC[C@@H]23)c2oc(C)cc(=O)c2O)ccc1O. The molecule has 2 aliphatic carbocycles. The molecule has 230 valence electrons. The molecule has 0 aliphatic heterocycles. The number of ether oxygens (including phenoxy) is 1. The van der Waals surface area contributed by atoms with Gasteiger partial charge in [-0.2, -0.15) is 0 Å². The Hall–Kier alpha value is -3.74. The third-order valence-electron chi connectivity index (χ3n) is 10.2. The standard InChI is InChI=1S/C36H45NO6/c1-21(2)23-8-11-27-25(17-23)10-13-31-35(4,14-7-15-36(27,31)5)20-37-32(40)19-26(24-9-12-28(38)30(18-24)42-6)34-33(41)29(39)16-22(3)43-34/h8-9,11-12,16-18,21,26,31,38,41H,7,10,13-15,19-20H2,1-6H3,(H,37,40)/t26-,31-,35-,36+/m0/s1. The van der Waals surface area contributed by atoms with Crippen LogP contribution in [0.25, 0.3) is 0 Å². The monoisotopic (exact) mass is 587 g/mol. The molecule has 3 N–H and O–H groups in total. The summed E-state index contributed by atoms with van der Waals surface area (Å²) < 4.78 is 11.1. The van der Waals surface area contributed by atoms with Gasteiger partial charge in [-0.1, -0.05) is 58.4 Å². The van der Waals surface area contributed by atoms with Crippen LogP contribution in [0.5, 0.6) is 17.2 Å². The van der Waals surface area contributed by atoms with Crippen LogP contribution in [0, 0.1) is 18.3 Å². The molecule has 0 unspecified atom stereocenters. The van der Waals surface area contributed by atoms with E-state index in [2.05, 4.69) is 51.2 Å². The van der Waals surface area contributed by atoms with Crippen molar-refractivity contribution in [1.29, 1.82) is 0 Å². The van der Waals surface area contributed by atoms with Gasteiger partial charge >= 0.3 is 0 Å². The molecular formula is C36H45NO6. The second-order valence-corrected chi connectivity index (χ2v) is 13.5. The number of carbonyl (C=O) groups is 1. The second-order valence-electron chi connectivity index (χ2n) is 13.5. The first-order valence-electron chi connectivity index (χ1n) is 15.5. The summed E-state index contributed by atoms with van der Waals surface area (Å²) in [5, 5.41) is 24.1. The number of nitrogens with one attached hydrogen (secondary N) is 1. The van der Waals surface area contributed by atoms with Crippen LogP contribution >= 0.6 is 0 Å². The Morgan fingerprint density at radius 1 is 1.09 bits per heavy atom. The summed E-state index contributed by atoms with van der Waals surface area (Å²) in [7, 11) is 1.44. The van der Waals surface area contributed by atoms with Crippen LogP contribution in [-0.2, 0) is 16.6 Å². The second kappa shape index (κ2) is 11.7. The molecule has 2 aromatic carbocycles. The zero-order valence-corrected chi connectivity index (χ0v) is 26.3. The summed E-state index contributed by atoms with van der Waals surface area (Å²) in [5.74, 6) is -0.0138. The number of rotatable bonds is 8. The molecule has 43 heavy (non-hydrogen) atoms. The first-order chi connectivity index (χ1) is 20.4. The zero-order chi connectivity index (χ0) is 31.1. The van der Waals surface area contributed by atoms with Crippen LogP contribution in [0.1, 0.15) is 105 Å². The van der Waals surface area contributed by atoms with E-state index in [1.165, 1.54) is 35.9 Å². The fourth-order valence-electron chi connectivity index (χ4n) is 7.91. The quantitative estimate of drug-likeness (QED) is 0.266. The number of amides is 1. The van der Waals surface area contributed by atoms with Gasteiger partial charge in [0.15, 0.2) is 17.3 Å². The molecule has 1 heterocycles. The number of carbonyl (C=O) groups excluding carboxylic acids is 1. The number of benzene rings is 2. The zero-order valence-electron chi connectivity index (χ0n) is 26.3. The van der Waals surface area contributed by atoms with Crippen molar-refractivity contribution < 1.29 is 24.2 Å². The Labute approximate surface area is 254 Å². The number of phenols is 1. The fourth-order valence-corrected chi connectivity index (χ4v) is 7.91. The lowest BCUT2D eigenvalue weighted by molar-refractivity contribution is -0.122. The third-order valence-corrected chi connectivity index (χ3v) is 10.2. The maximum atomic E-state index is 13.6. The minimum absolute atomic E-state index is 0.0222. The first-order valence-corrected chi connectivity index (χ1v) is 15.5. The van der Waals surface area contributed by atoms with Crippen LogP contribution in [0.3, 0.4) is 0 Å². The topological polar surface area (TPSA) is 109 Å². The van der Waals surface area contributed by atoms with E-state index in [0.717, 1.165) is 32.1 Å². The molecule has 1 saturated carbocycles. The van der Waals surface area contributed by atoms with E-state index in [1.807, 2.05) is 0 Å². The van der Waals surface area contributed by atoms with E-state index in [0.29, 0.717) is 29.7 Å². The van der Waals surface area contributed by atoms with E-state index in [4.69, 9.17) is 9.15 Å². The lowest BCUT2D eigenvalue weighted by Gasteiger charge is -2.55. The van der Waals surface area contributed by atoms with Crippen molar-refractivity contribution in [3.05, 3.63) is 86.5 Å². The average molecular weight is 588 g/mol. The molecule has 0 saturated heterocycles. The highest BCUT2D eigenvalue weighted by atomic mass is 16.5. The van der Waals surface area contributed by atoms with Gasteiger partial charge in [0.1, 0.15) is 5.76 Å². The number of hydrogen-bond acceptors (Lipinski definition) is 6. The van der Waals surface area contributed by atoms with Gasteiger partial charge in [0.2, 0.25) is 17.1 Å². The van der Waals surface area contributed by atoms with Crippen molar-refractivity contribution >= 4 is 5.91 Å². The highest BCUT2D eigenvalue weighted by molar-refractivity contribution is 5.77. The molecule has 7 heteroatoms. The first kappa shape index (κ1) is 30.7. The number of hydrogen-bond donors (Lipinski definition) is 3. The largest absolute Gasteiger partial charge is 0.504 e. The molecule has 0 radical (unpaired) electrons. The van der Waals surface area contributed by atoms with Crippen molar-refractivity contribution in [1.82, 2.24) is 5.32 Å². The van der Waals surface area contributed by atoms with Gasteiger partial charge in [0, 0.05) is 19.0 Å². The Kier molecular flexibility index (Phi) is 8.39. The number of aromatic hydroxyl groups is 2. The normalized spacial score (nSPS) is 23.7. The summed E-state index contributed by atoms with van der Waals surface area (Å²) in [6, 6.07) is 13.0. The maximum Gasteiger partial charge on any atom is 0.227 e. The minimum atomic E-state index is -0.761. The Morgan fingerprint density at radius 3 is 2.56 bits per heavy atom. The minimum Gasteiger partial charge on any atom is -0.504 e. The van der Waals surface area contributed by atoms with Gasteiger partial charge in [0.25, 0.3) is 0 Å². The lowest BCUT2D eigenvalue weighted by Crippen LogP contribution is -2.53. The molecule has 5 rings (SSSR count). The van der Waals surface area contributed by atoms with Crippen molar-refractivity contribution in [2.75, 3.05) is 13.7 Å². The van der Waals surface area contributed by atoms with Crippen molar-refractivity contribution in [3.8, 4) is 17.2 Å². The third kappa shape index (κ3) is 5.78. The smallest absolute Gasteiger partial charge is 0.227 e. The van der Waals surface area contributed by atoms with Crippen LogP contribution in [0.15, 0.2) is 51.7 Å². The van der Waals surface area contributed by atoms with E-state index in [-0.39, 0.29) is 40.4 Å². The average Bonchev–Trinajstić information content (AvgIpc) is 2.97. The summed E-state index contributed by atoms with van der Waals surface area (Å²) in [4.78, 5) is 26.1. The fraction of sp³-hybridized carbons (Fsp3) is 0.500. The Balaban J connectivity index is 1.39. The van der Waals surface area contributed by atoms with Gasteiger partial charge in [-0.25, -0.2) is 0 Å². The van der Waals surface area contributed by atoms with Crippen LogP contribution in [-0.4, -0.2) is 29.8 Å². The number of phenolic OH excluding ortho intramolecular Hbond substituents is 1. The van der Waals surface area contributed by atoms with Crippen molar-refractivity contribution in [2.24, 2.45) is 11.3 Å². The Bertz CT molecular complexity index is 1570. The lowest BCUT2D eigenvalue weighted by atomic mass is 9.49. The predicted molar refractivity (Wildman–Crippen MR) is 167 cm³/mol. The summed E-state index contributed by atoms with van der Waals surface area (Å²) in [6.45, 7) is 11.4. The van der Waals surface area contributed by atoms with Crippen molar-refractivity contribution in [2.45, 2.75) is 90.4 Å². The van der Waals surface area contributed by atoms with Gasteiger partial charge < -0.3 is 24.7 Å². The molecule has 0 bridgehead atoms. The molecule has 1 fully saturated rings. The highest BCUT2D eigenvalue weighted by Crippen LogP contribution is 2.57. The van der Waals surface area contributed by atoms with Gasteiger partial charge in [-0.15, -0.1) is 0 Å². The van der Waals surface area contributed by atoms with E-state index >= 15 is 0 Å². The summed E-state index contributed by atoms with van der Waals surface area (Å²) in [5.41, 5.74) is 4.33. The molecular weight excluding hydrogens is 542 g/mol. The summed E-state index contributed by atoms with van der Waals surface area (Å²) in [6.07, 6.45) is 5.38. The number of methoxy groups -OCH3 is 1. The van der Waals surface area contributed by atoms with Gasteiger partial charge in [0.05, 0.1) is 13.0 Å². The van der Waals surface area contributed by atoms with Gasteiger partial charge in [-0.3, -0.25) is 9.59 Å². The molecule has 0 spiro atoms. The predicted octanol–water partition coefficient (Wildman–Crippen LogP) is 6.84.